The molecule has 0 aliphatic heterocycles. The van der Waals surface area contributed by atoms with Gasteiger partial charge >= 0.3 is 0 Å². The van der Waals surface area contributed by atoms with E-state index in [9.17, 15) is 4.79 Å². The lowest BCUT2D eigenvalue weighted by Gasteiger charge is -2.26. The zero-order valence-electron chi connectivity index (χ0n) is 13.2. The van der Waals surface area contributed by atoms with Crippen LogP contribution in [0.4, 0.5) is 5.69 Å². The molecule has 0 spiro atoms. The molecule has 0 heterocycles. The Morgan fingerprint density at radius 1 is 1.43 bits per heavy atom. The Morgan fingerprint density at radius 2 is 2.14 bits per heavy atom. The van der Waals surface area contributed by atoms with Gasteiger partial charge in [0.25, 0.3) is 0 Å². The highest BCUT2D eigenvalue weighted by molar-refractivity contribution is 9.10. The summed E-state index contributed by atoms with van der Waals surface area (Å²) in [6, 6.07) is 6.25. The van der Waals surface area contributed by atoms with Crippen LogP contribution in [0.1, 0.15) is 32.8 Å². The van der Waals surface area contributed by atoms with Crippen LogP contribution in [0, 0.1) is 5.92 Å². The van der Waals surface area contributed by atoms with Crippen molar-refractivity contribution in [3.05, 3.63) is 28.2 Å². The second-order valence-corrected chi connectivity index (χ2v) is 6.56. The smallest absolute Gasteiger partial charge is 0.236 e. The number of primary amides is 1. The summed E-state index contributed by atoms with van der Waals surface area (Å²) < 4.78 is 1.00. The third kappa shape index (κ3) is 6.48. The number of nitrogens with zero attached hydrogens (tertiary/aromatic N) is 1. The molecule has 0 saturated carbocycles. The molecule has 0 aliphatic carbocycles. The first-order chi connectivity index (χ1) is 9.93. The molecule has 21 heavy (non-hydrogen) atoms. The molecule has 1 aromatic carbocycles. The zero-order chi connectivity index (χ0) is 15.8. The molecule has 5 heteroatoms. The van der Waals surface area contributed by atoms with Gasteiger partial charge in [-0.15, -0.1) is 0 Å². The third-order valence-electron chi connectivity index (χ3n) is 3.04. The normalized spacial score (nSPS) is 10.9. The summed E-state index contributed by atoms with van der Waals surface area (Å²) in [5, 5.41) is 3.38. The molecular formula is C16H26BrN3O. The van der Waals surface area contributed by atoms with Crippen LogP contribution in [0.2, 0.25) is 0 Å². The predicted molar refractivity (Wildman–Crippen MR) is 92.4 cm³/mol. The number of halogens is 1. The maximum Gasteiger partial charge on any atom is 0.236 e. The highest BCUT2D eigenvalue weighted by atomic mass is 79.9. The van der Waals surface area contributed by atoms with Crippen LogP contribution in [-0.2, 0) is 11.3 Å². The van der Waals surface area contributed by atoms with E-state index in [1.165, 1.54) is 5.56 Å². The van der Waals surface area contributed by atoms with Gasteiger partial charge in [0.05, 0.1) is 12.2 Å². The van der Waals surface area contributed by atoms with Crippen LogP contribution >= 0.6 is 15.9 Å². The first kappa shape index (κ1) is 18.0. The Labute approximate surface area is 136 Å². The molecule has 0 bridgehead atoms. The summed E-state index contributed by atoms with van der Waals surface area (Å²) in [6.07, 6.45) is 1.13. The van der Waals surface area contributed by atoms with Gasteiger partial charge in [-0.1, -0.05) is 26.8 Å². The molecule has 0 radical (unpaired) electrons. The Bertz CT molecular complexity index is 463. The number of carbonyl (C=O) groups is 1. The van der Waals surface area contributed by atoms with Crippen molar-refractivity contribution >= 4 is 27.5 Å². The van der Waals surface area contributed by atoms with E-state index < -0.39 is 0 Å². The summed E-state index contributed by atoms with van der Waals surface area (Å²) in [6.45, 7) is 9.32. The number of carbonyl (C=O) groups excluding carboxylic acids is 1. The Kier molecular flexibility index (Phi) is 7.75. The molecule has 0 saturated heterocycles. The first-order valence-corrected chi connectivity index (χ1v) is 8.25. The van der Waals surface area contributed by atoms with Gasteiger partial charge in [0.15, 0.2) is 0 Å². The molecule has 1 amide bonds. The number of hydrogen-bond acceptors (Lipinski definition) is 3. The summed E-state index contributed by atoms with van der Waals surface area (Å²) in [5.41, 5.74) is 7.60. The van der Waals surface area contributed by atoms with E-state index in [0.717, 1.165) is 36.2 Å². The van der Waals surface area contributed by atoms with E-state index in [1.807, 2.05) is 4.90 Å². The van der Waals surface area contributed by atoms with Gasteiger partial charge in [-0.3, -0.25) is 4.79 Å². The van der Waals surface area contributed by atoms with Gasteiger partial charge in [0.1, 0.15) is 0 Å². The lowest BCUT2D eigenvalue weighted by Crippen LogP contribution is -2.36. The SMILES string of the molecule is CCCNCc1ccc(N(CC(N)=O)CC(C)C)c(Br)c1. The molecule has 3 N–H and O–H groups in total. The van der Waals surface area contributed by atoms with Crippen molar-refractivity contribution in [1.29, 1.82) is 0 Å². The molecule has 4 nitrogen and oxygen atoms in total. The average Bonchev–Trinajstić information content (AvgIpc) is 2.37. The van der Waals surface area contributed by atoms with Crippen molar-refractivity contribution < 1.29 is 4.79 Å². The van der Waals surface area contributed by atoms with Crippen LogP contribution in [0.5, 0.6) is 0 Å². The van der Waals surface area contributed by atoms with E-state index in [2.05, 4.69) is 60.2 Å². The first-order valence-electron chi connectivity index (χ1n) is 7.46. The molecule has 0 fully saturated rings. The average molecular weight is 356 g/mol. The van der Waals surface area contributed by atoms with Gasteiger partial charge in [0, 0.05) is 17.6 Å². The minimum absolute atomic E-state index is 0.240. The fraction of sp³-hybridized carbons (Fsp3) is 0.562. The maximum atomic E-state index is 11.3. The number of amides is 1. The van der Waals surface area contributed by atoms with Crippen molar-refractivity contribution in [2.45, 2.75) is 33.7 Å². The summed E-state index contributed by atoms with van der Waals surface area (Å²) >= 11 is 3.62. The van der Waals surface area contributed by atoms with E-state index >= 15 is 0 Å². The molecule has 0 aromatic heterocycles. The van der Waals surface area contributed by atoms with Crippen molar-refractivity contribution in [1.82, 2.24) is 5.32 Å². The predicted octanol–water partition coefficient (Wildman–Crippen LogP) is 2.90. The summed E-state index contributed by atoms with van der Waals surface area (Å²) in [7, 11) is 0. The molecular weight excluding hydrogens is 330 g/mol. The van der Waals surface area contributed by atoms with Gasteiger partial charge in [0.2, 0.25) is 5.91 Å². The van der Waals surface area contributed by atoms with E-state index in [1.54, 1.807) is 0 Å². The standard InChI is InChI=1S/C16H26BrN3O/c1-4-7-19-9-13-5-6-15(14(17)8-13)20(10-12(2)3)11-16(18)21/h5-6,8,12,19H,4,7,9-11H2,1-3H3,(H2,18,21). The molecule has 118 valence electrons. The lowest BCUT2D eigenvalue weighted by molar-refractivity contribution is -0.116. The number of hydrogen-bond donors (Lipinski definition) is 2. The van der Waals surface area contributed by atoms with Crippen LogP contribution < -0.4 is 16.0 Å². The van der Waals surface area contributed by atoms with Crippen LogP contribution in [0.3, 0.4) is 0 Å². The molecule has 1 aromatic rings. The summed E-state index contributed by atoms with van der Waals surface area (Å²) in [5.74, 6) is 0.151. The largest absolute Gasteiger partial charge is 0.368 e. The number of nitrogens with one attached hydrogen (secondary N) is 1. The van der Waals surface area contributed by atoms with Crippen molar-refractivity contribution in [3.8, 4) is 0 Å². The van der Waals surface area contributed by atoms with Gasteiger partial charge in [-0.25, -0.2) is 0 Å². The zero-order valence-corrected chi connectivity index (χ0v) is 14.7. The number of benzene rings is 1. The van der Waals surface area contributed by atoms with Crippen molar-refractivity contribution in [2.75, 3.05) is 24.5 Å². The third-order valence-corrected chi connectivity index (χ3v) is 3.68. The second kappa shape index (κ2) is 9.05. The van der Waals surface area contributed by atoms with E-state index in [-0.39, 0.29) is 12.5 Å². The van der Waals surface area contributed by atoms with E-state index in [4.69, 9.17) is 5.73 Å². The fourth-order valence-electron chi connectivity index (χ4n) is 2.20. The highest BCUT2D eigenvalue weighted by Crippen LogP contribution is 2.28. The number of anilines is 1. The topological polar surface area (TPSA) is 58.4 Å². The van der Waals surface area contributed by atoms with Gasteiger partial charge in [-0.2, -0.15) is 0 Å². The lowest BCUT2D eigenvalue weighted by atomic mass is 10.1. The Morgan fingerprint density at radius 3 is 2.67 bits per heavy atom. The van der Waals surface area contributed by atoms with Crippen LogP contribution in [-0.4, -0.2) is 25.5 Å². The monoisotopic (exact) mass is 355 g/mol. The Hall–Kier alpha value is -1.07. The van der Waals surface area contributed by atoms with Crippen LogP contribution in [0.15, 0.2) is 22.7 Å². The maximum absolute atomic E-state index is 11.3. The molecule has 0 unspecified atom stereocenters. The molecule has 0 aliphatic rings. The van der Waals surface area contributed by atoms with E-state index in [0.29, 0.717) is 5.92 Å². The minimum Gasteiger partial charge on any atom is -0.368 e. The fourth-order valence-corrected chi connectivity index (χ4v) is 2.88. The highest BCUT2D eigenvalue weighted by Gasteiger charge is 2.14. The van der Waals surface area contributed by atoms with Gasteiger partial charge in [-0.05, 0) is 52.5 Å². The van der Waals surface area contributed by atoms with Gasteiger partial charge < -0.3 is 16.0 Å². The second-order valence-electron chi connectivity index (χ2n) is 5.70. The summed E-state index contributed by atoms with van der Waals surface area (Å²) in [4.78, 5) is 13.3. The van der Waals surface area contributed by atoms with Crippen LogP contribution in [0.25, 0.3) is 0 Å². The van der Waals surface area contributed by atoms with Crippen molar-refractivity contribution in [2.24, 2.45) is 11.7 Å². The minimum atomic E-state index is -0.309. The number of nitrogens with two attached hydrogens (primary N) is 1. The number of rotatable bonds is 9. The quantitative estimate of drug-likeness (QED) is 0.669. The molecule has 0 atom stereocenters. The Balaban J connectivity index is 2.85. The van der Waals surface area contributed by atoms with Crippen molar-refractivity contribution in [3.63, 3.8) is 0 Å². The molecule has 1 rings (SSSR count).